The van der Waals surface area contributed by atoms with Gasteiger partial charge in [-0.1, -0.05) is 48.5 Å². The van der Waals surface area contributed by atoms with Gasteiger partial charge in [0.1, 0.15) is 6.04 Å². The van der Waals surface area contributed by atoms with Crippen LogP contribution in [0.3, 0.4) is 0 Å². The van der Waals surface area contributed by atoms with E-state index in [2.05, 4.69) is 5.32 Å². The summed E-state index contributed by atoms with van der Waals surface area (Å²) in [7, 11) is 0. The lowest BCUT2D eigenvalue weighted by Crippen LogP contribution is -2.43. The molecule has 126 valence electrons. The summed E-state index contributed by atoms with van der Waals surface area (Å²) in [5.74, 6) is -2.47. The van der Waals surface area contributed by atoms with E-state index in [9.17, 15) is 14.7 Å². The van der Waals surface area contributed by atoms with Gasteiger partial charge in [-0.05, 0) is 35.6 Å². The maximum atomic E-state index is 12.9. The molecule has 5 nitrogen and oxygen atoms in total. The molecule has 1 aliphatic carbocycles. The number of benzene rings is 2. The average Bonchev–Trinajstić information content (AvgIpc) is 2.95. The van der Waals surface area contributed by atoms with Crippen LogP contribution in [0.1, 0.15) is 30.4 Å². The Morgan fingerprint density at radius 3 is 2.12 bits per heavy atom. The Hall–Kier alpha value is -3.13. The van der Waals surface area contributed by atoms with Gasteiger partial charge in [0.25, 0.3) is 0 Å². The van der Waals surface area contributed by atoms with E-state index in [1.165, 1.54) is 0 Å². The number of fused-ring (bicyclic) bond motifs is 3. The molecule has 3 rings (SSSR count). The average molecular weight is 334 g/mol. The van der Waals surface area contributed by atoms with Crippen LogP contribution in [0.5, 0.6) is 0 Å². The first-order chi connectivity index (χ1) is 12.0. The molecule has 2 aromatic rings. The van der Waals surface area contributed by atoms with E-state index >= 15 is 0 Å². The highest BCUT2D eigenvalue weighted by Gasteiger charge is 2.35. The molecular weight excluding hydrogens is 316 g/mol. The van der Waals surface area contributed by atoms with Crippen LogP contribution >= 0.6 is 0 Å². The molecule has 0 bridgehead atoms. The summed E-state index contributed by atoms with van der Waals surface area (Å²) >= 11 is 0. The normalized spacial score (nSPS) is 14.7. The van der Waals surface area contributed by atoms with Crippen LogP contribution in [0.25, 0.3) is 11.1 Å². The molecule has 0 saturated heterocycles. The number of rotatable bonds is 5. The number of carbonyl (C=O) groups excluding carboxylic acids is 1. The number of hydrogen-bond acceptors (Lipinski definition) is 3. The molecule has 0 fully saturated rings. The summed E-state index contributed by atoms with van der Waals surface area (Å²) in [5.41, 5.74) is 3.74. The van der Waals surface area contributed by atoms with E-state index in [4.69, 9.17) is 5.26 Å². The van der Waals surface area contributed by atoms with Crippen molar-refractivity contribution in [1.29, 1.82) is 5.26 Å². The second-order valence-electron chi connectivity index (χ2n) is 6.27. The van der Waals surface area contributed by atoms with Gasteiger partial charge in [0, 0.05) is 5.92 Å². The first kappa shape index (κ1) is 16.7. The lowest BCUT2D eigenvalue weighted by atomic mass is 9.95. The Bertz CT molecular complexity index is 824. The Labute approximate surface area is 145 Å². The third-order valence-electron chi connectivity index (χ3n) is 4.52. The van der Waals surface area contributed by atoms with E-state index in [1.807, 2.05) is 54.6 Å². The smallest absolute Gasteiger partial charge is 0.326 e. The molecule has 0 spiro atoms. The van der Waals surface area contributed by atoms with Crippen molar-refractivity contribution in [2.75, 3.05) is 0 Å². The maximum Gasteiger partial charge on any atom is 0.326 e. The molecule has 2 aromatic carbocycles. The fraction of sp³-hybridized carbons (Fsp3) is 0.250. The molecule has 0 radical (unpaired) electrons. The molecule has 0 unspecified atom stereocenters. The van der Waals surface area contributed by atoms with Crippen molar-refractivity contribution in [2.45, 2.75) is 25.3 Å². The van der Waals surface area contributed by atoms with Crippen molar-refractivity contribution in [3.05, 3.63) is 59.7 Å². The molecule has 2 N–H and O–H groups in total. The third kappa shape index (κ3) is 3.11. The number of carboxylic acid groups (broad SMARTS) is 1. The number of nitriles is 1. The zero-order chi connectivity index (χ0) is 18.0. The van der Waals surface area contributed by atoms with Gasteiger partial charge in [0.2, 0.25) is 5.91 Å². The maximum absolute atomic E-state index is 12.9. The molecule has 0 aromatic heterocycles. The van der Waals surface area contributed by atoms with Gasteiger partial charge in [-0.25, -0.2) is 4.79 Å². The van der Waals surface area contributed by atoms with Crippen molar-refractivity contribution in [3.8, 4) is 17.2 Å². The summed E-state index contributed by atoms with van der Waals surface area (Å²) in [6, 6.07) is 16.2. The second kappa shape index (κ2) is 6.78. The summed E-state index contributed by atoms with van der Waals surface area (Å²) in [4.78, 5) is 24.4. The van der Waals surface area contributed by atoms with E-state index in [-0.39, 0.29) is 12.3 Å². The van der Waals surface area contributed by atoms with Crippen LogP contribution in [-0.2, 0) is 9.59 Å². The Kier molecular flexibility index (Phi) is 4.53. The van der Waals surface area contributed by atoms with Crippen molar-refractivity contribution in [2.24, 2.45) is 5.92 Å². The first-order valence-electron chi connectivity index (χ1n) is 8.14. The molecule has 5 heteroatoms. The Balaban J connectivity index is 1.92. The van der Waals surface area contributed by atoms with Gasteiger partial charge in [-0.2, -0.15) is 5.26 Å². The van der Waals surface area contributed by atoms with Crippen molar-refractivity contribution in [3.63, 3.8) is 0 Å². The Morgan fingerprint density at radius 2 is 1.64 bits per heavy atom. The largest absolute Gasteiger partial charge is 0.480 e. The number of aliphatic carboxylic acids is 1. The van der Waals surface area contributed by atoms with E-state index in [0.717, 1.165) is 22.3 Å². The number of carbonyl (C=O) groups is 2. The minimum absolute atomic E-state index is 0.0770. The molecule has 2 atom stereocenters. The lowest BCUT2D eigenvalue weighted by molar-refractivity contribution is -0.142. The summed E-state index contributed by atoms with van der Waals surface area (Å²) < 4.78 is 0. The summed E-state index contributed by atoms with van der Waals surface area (Å²) in [5, 5.41) is 20.9. The molecule has 0 aliphatic heterocycles. The second-order valence-corrected chi connectivity index (χ2v) is 6.27. The predicted octanol–water partition coefficient (Wildman–Crippen LogP) is 2.92. The number of amides is 1. The van der Waals surface area contributed by atoms with Crippen molar-refractivity contribution < 1.29 is 14.7 Å². The predicted molar refractivity (Wildman–Crippen MR) is 92.7 cm³/mol. The quantitative estimate of drug-likeness (QED) is 0.879. The van der Waals surface area contributed by atoms with Gasteiger partial charge < -0.3 is 10.4 Å². The minimum atomic E-state index is -1.13. The van der Waals surface area contributed by atoms with E-state index < -0.39 is 23.8 Å². The zero-order valence-electron chi connectivity index (χ0n) is 13.8. The molecule has 25 heavy (non-hydrogen) atoms. The van der Waals surface area contributed by atoms with E-state index in [0.29, 0.717) is 0 Å². The molecule has 1 amide bonds. The van der Waals surface area contributed by atoms with Crippen LogP contribution in [-0.4, -0.2) is 23.0 Å². The van der Waals surface area contributed by atoms with Gasteiger partial charge in [-0.3, -0.25) is 4.79 Å². The lowest BCUT2D eigenvalue weighted by Gasteiger charge is -2.19. The third-order valence-corrected chi connectivity index (χ3v) is 4.52. The SMILES string of the molecule is C[C@H](C#N)C[C@@H](NC(=O)C1c2ccccc2-c2ccccc21)C(=O)O. The minimum Gasteiger partial charge on any atom is -0.480 e. The van der Waals surface area contributed by atoms with Gasteiger partial charge in [0.15, 0.2) is 0 Å². The number of carboxylic acids is 1. The van der Waals surface area contributed by atoms with Gasteiger partial charge >= 0.3 is 5.97 Å². The molecule has 1 aliphatic rings. The van der Waals surface area contributed by atoms with E-state index in [1.54, 1.807) is 6.92 Å². The monoisotopic (exact) mass is 334 g/mol. The Morgan fingerprint density at radius 1 is 1.12 bits per heavy atom. The number of hydrogen-bond donors (Lipinski definition) is 2. The summed E-state index contributed by atoms with van der Waals surface area (Å²) in [6.45, 7) is 1.64. The summed E-state index contributed by atoms with van der Waals surface area (Å²) in [6.07, 6.45) is 0.0770. The standard InChI is InChI=1S/C20H18N2O3/c1-12(11-21)10-17(20(24)25)22-19(23)18-15-8-4-2-6-13(15)14-7-3-5-9-16(14)18/h2-9,12,17-18H,10H2,1H3,(H,22,23)(H,24,25)/t12-,17+/m0/s1. The van der Waals surface area contributed by atoms with Crippen molar-refractivity contribution in [1.82, 2.24) is 5.32 Å². The zero-order valence-corrected chi connectivity index (χ0v) is 13.8. The van der Waals surface area contributed by atoms with Crippen LogP contribution in [0.15, 0.2) is 48.5 Å². The molecular formula is C20H18N2O3. The topological polar surface area (TPSA) is 90.2 Å². The highest BCUT2D eigenvalue weighted by molar-refractivity contribution is 5.97. The van der Waals surface area contributed by atoms with Gasteiger partial charge in [0.05, 0.1) is 12.0 Å². The van der Waals surface area contributed by atoms with Crippen molar-refractivity contribution >= 4 is 11.9 Å². The van der Waals surface area contributed by atoms with Crippen LogP contribution in [0.2, 0.25) is 0 Å². The molecule has 0 saturated carbocycles. The van der Waals surface area contributed by atoms with Crippen LogP contribution < -0.4 is 5.32 Å². The fourth-order valence-electron chi connectivity index (χ4n) is 3.32. The van der Waals surface area contributed by atoms with Crippen LogP contribution in [0.4, 0.5) is 0 Å². The van der Waals surface area contributed by atoms with Crippen LogP contribution in [0, 0.1) is 17.2 Å². The fourth-order valence-corrected chi connectivity index (χ4v) is 3.32. The number of nitrogens with one attached hydrogen (secondary N) is 1. The van der Waals surface area contributed by atoms with Gasteiger partial charge in [-0.15, -0.1) is 0 Å². The number of nitrogens with zero attached hydrogens (tertiary/aromatic N) is 1. The first-order valence-corrected chi connectivity index (χ1v) is 8.14. The highest BCUT2D eigenvalue weighted by atomic mass is 16.4. The highest BCUT2D eigenvalue weighted by Crippen LogP contribution is 2.44. The molecule has 0 heterocycles.